The Morgan fingerprint density at radius 2 is 2.27 bits per heavy atom. The van der Waals surface area contributed by atoms with Gasteiger partial charge in [0.05, 0.1) is 0 Å². The maximum Gasteiger partial charge on any atom is 0.143 e. The Kier molecular flexibility index (Phi) is 4.22. The SMILES string of the molecule is CC(C)C[C@](C=O)(CN)NF. The summed E-state index contributed by atoms with van der Waals surface area (Å²) in [5.41, 5.74) is 5.52. The monoisotopic (exact) mass is 162 g/mol. The van der Waals surface area contributed by atoms with Crippen molar-refractivity contribution in [1.29, 1.82) is 0 Å². The molecule has 0 spiro atoms. The normalized spacial score (nSPS) is 16.5. The van der Waals surface area contributed by atoms with Crippen LogP contribution in [-0.2, 0) is 4.79 Å². The highest BCUT2D eigenvalue weighted by Crippen LogP contribution is 2.13. The van der Waals surface area contributed by atoms with E-state index in [1.54, 1.807) is 0 Å². The summed E-state index contributed by atoms with van der Waals surface area (Å²) in [6, 6.07) is 0. The molecule has 0 radical (unpaired) electrons. The molecule has 0 saturated carbocycles. The van der Waals surface area contributed by atoms with Gasteiger partial charge in [-0.15, -0.1) is 10.0 Å². The summed E-state index contributed by atoms with van der Waals surface area (Å²) in [5.74, 6) is 0.243. The summed E-state index contributed by atoms with van der Waals surface area (Å²) >= 11 is 0. The molecular formula is C7H15FN2O. The average Bonchev–Trinajstić information content (AvgIpc) is 2.00. The van der Waals surface area contributed by atoms with Crippen LogP contribution >= 0.6 is 0 Å². The zero-order chi connectivity index (χ0) is 8.91. The number of hydrogen-bond acceptors (Lipinski definition) is 3. The van der Waals surface area contributed by atoms with E-state index in [9.17, 15) is 9.28 Å². The van der Waals surface area contributed by atoms with Crippen molar-refractivity contribution < 1.29 is 9.28 Å². The first-order valence-electron chi connectivity index (χ1n) is 3.64. The van der Waals surface area contributed by atoms with Crippen LogP contribution < -0.4 is 11.3 Å². The van der Waals surface area contributed by atoms with Gasteiger partial charge >= 0.3 is 0 Å². The van der Waals surface area contributed by atoms with Crippen LogP contribution in [0.2, 0.25) is 0 Å². The molecule has 0 aromatic carbocycles. The summed E-state index contributed by atoms with van der Waals surface area (Å²) in [7, 11) is 0. The van der Waals surface area contributed by atoms with E-state index >= 15 is 0 Å². The van der Waals surface area contributed by atoms with E-state index in [2.05, 4.69) is 0 Å². The molecule has 0 fully saturated rings. The lowest BCUT2D eigenvalue weighted by atomic mass is 9.91. The van der Waals surface area contributed by atoms with Crippen LogP contribution in [0.1, 0.15) is 20.3 Å². The fourth-order valence-electron chi connectivity index (χ4n) is 1.01. The van der Waals surface area contributed by atoms with Crippen molar-refractivity contribution in [2.24, 2.45) is 11.7 Å². The molecule has 0 aliphatic rings. The predicted molar refractivity (Wildman–Crippen MR) is 41.5 cm³/mol. The number of hydrogen-bond donors (Lipinski definition) is 2. The van der Waals surface area contributed by atoms with Gasteiger partial charge in [-0.25, -0.2) is 0 Å². The van der Waals surface area contributed by atoms with Crippen LogP contribution in [0.5, 0.6) is 0 Å². The van der Waals surface area contributed by atoms with Crippen molar-refractivity contribution in [1.82, 2.24) is 5.54 Å². The van der Waals surface area contributed by atoms with Gasteiger partial charge in [0.1, 0.15) is 11.8 Å². The van der Waals surface area contributed by atoms with Gasteiger partial charge < -0.3 is 10.5 Å². The molecule has 0 saturated heterocycles. The summed E-state index contributed by atoms with van der Waals surface area (Å²) in [6.07, 6.45) is 0.955. The van der Waals surface area contributed by atoms with Gasteiger partial charge in [0.15, 0.2) is 0 Å². The van der Waals surface area contributed by atoms with Crippen LogP contribution in [0.4, 0.5) is 4.48 Å². The van der Waals surface area contributed by atoms with Gasteiger partial charge in [-0.3, -0.25) is 0 Å². The van der Waals surface area contributed by atoms with E-state index in [-0.39, 0.29) is 12.5 Å². The molecule has 0 aromatic heterocycles. The predicted octanol–water partition coefficient (Wildman–Crippen LogP) is 0.403. The Hall–Kier alpha value is -0.480. The third-order valence-corrected chi connectivity index (χ3v) is 1.55. The Morgan fingerprint density at radius 3 is 2.36 bits per heavy atom. The number of carbonyl (C=O) groups excluding carboxylic acids is 1. The summed E-state index contributed by atoms with van der Waals surface area (Å²) in [4.78, 5) is 10.4. The van der Waals surface area contributed by atoms with E-state index in [0.717, 1.165) is 0 Å². The third kappa shape index (κ3) is 2.95. The van der Waals surface area contributed by atoms with Crippen molar-refractivity contribution in [3.8, 4) is 0 Å². The van der Waals surface area contributed by atoms with Crippen molar-refractivity contribution in [2.45, 2.75) is 25.8 Å². The zero-order valence-corrected chi connectivity index (χ0v) is 6.93. The molecule has 11 heavy (non-hydrogen) atoms. The number of nitrogens with two attached hydrogens (primary N) is 1. The zero-order valence-electron chi connectivity index (χ0n) is 6.93. The van der Waals surface area contributed by atoms with Crippen LogP contribution in [0.15, 0.2) is 0 Å². The number of aldehydes is 1. The lowest BCUT2D eigenvalue weighted by Crippen LogP contribution is -2.50. The second-order valence-corrected chi connectivity index (χ2v) is 3.17. The van der Waals surface area contributed by atoms with E-state index in [1.165, 1.54) is 5.54 Å². The minimum Gasteiger partial charge on any atom is -0.328 e. The molecule has 3 N–H and O–H groups in total. The van der Waals surface area contributed by atoms with E-state index < -0.39 is 5.54 Å². The molecule has 0 rings (SSSR count). The molecule has 4 heteroatoms. The van der Waals surface area contributed by atoms with Crippen molar-refractivity contribution in [2.75, 3.05) is 6.54 Å². The van der Waals surface area contributed by atoms with Crippen molar-refractivity contribution in [3.63, 3.8) is 0 Å². The highest BCUT2D eigenvalue weighted by atomic mass is 19.2. The minimum absolute atomic E-state index is 0.00875. The van der Waals surface area contributed by atoms with Crippen molar-refractivity contribution >= 4 is 6.29 Å². The molecule has 0 unspecified atom stereocenters. The van der Waals surface area contributed by atoms with E-state index in [0.29, 0.717) is 12.7 Å². The maximum absolute atomic E-state index is 12.1. The Labute approximate surface area is 66.1 Å². The highest BCUT2D eigenvalue weighted by Gasteiger charge is 2.28. The first kappa shape index (κ1) is 10.5. The van der Waals surface area contributed by atoms with E-state index in [1.807, 2.05) is 13.8 Å². The minimum atomic E-state index is -1.17. The lowest BCUT2D eigenvalue weighted by Gasteiger charge is -2.24. The standard InChI is InChI=1S/C7H15FN2O/c1-6(2)3-7(4-9,5-11)10-8/h5-6,10H,3-4,9H2,1-2H3/t7-/m1/s1. The Morgan fingerprint density at radius 1 is 1.73 bits per heavy atom. The van der Waals surface area contributed by atoms with Gasteiger partial charge in [0.25, 0.3) is 0 Å². The fourth-order valence-corrected chi connectivity index (χ4v) is 1.01. The smallest absolute Gasteiger partial charge is 0.143 e. The molecule has 66 valence electrons. The maximum atomic E-state index is 12.1. The van der Waals surface area contributed by atoms with Crippen LogP contribution in [-0.4, -0.2) is 18.4 Å². The molecule has 0 bridgehead atoms. The number of halogens is 1. The molecule has 1 atom stereocenters. The Balaban J connectivity index is 4.16. The molecule has 0 heterocycles. The highest BCUT2D eigenvalue weighted by molar-refractivity contribution is 5.64. The molecule has 0 aliphatic carbocycles. The van der Waals surface area contributed by atoms with Crippen LogP contribution in [0.3, 0.4) is 0 Å². The molecule has 0 amide bonds. The van der Waals surface area contributed by atoms with Gasteiger partial charge in [0, 0.05) is 6.54 Å². The summed E-state index contributed by atoms with van der Waals surface area (Å²) in [5, 5.41) is 0. The van der Waals surface area contributed by atoms with Gasteiger partial charge in [-0.05, 0) is 12.3 Å². The summed E-state index contributed by atoms with van der Waals surface area (Å²) in [6.45, 7) is 3.81. The number of carbonyl (C=O) groups is 1. The average molecular weight is 162 g/mol. The molecule has 0 aliphatic heterocycles. The first-order chi connectivity index (χ1) is 5.10. The van der Waals surface area contributed by atoms with Gasteiger partial charge in [-0.1, -0.05) is 13.8 Å². The van der Waals surface area contributed by atoms with Crippen LogP contribution in [0.25, 0.3) is 0 Å². The van der Waals surface area contributed by atoms with Crippen molar-refractivity contribution in [3.05, 3.63) is 0 Å². The summed E-state index contributed by atoms with van der Waals surface area (Å²) < 4.78 is 12.1. The molecular weight excluding hydrogens is 147 g/mol. The first-order valence-corrected chi connectivity index (χ1v) is 3.64. The van der Waals surface area contributed by atoms with Gasteiger partial charge in [-0.2, -0.15) is 0 Å². The second kappa shape index (κ2) is 4.41. The number of rotatable bonds is 5. The largest absolute Gasteiger partial charge is 0.328 e. The lowest BCUT2D eigenvalue weighted by molar-refractivity contribution is -0.115. The van der Waals surface area contributed by atoms with Crippen LogP contribution in [0, 0.1) is 5.92 Å². The third-order valence-electron chi connectivity index (χ3n) is 1.55. The number of nitrogens with one attached hydrogen (secondary N) is 1. The molecule has 0 aromatic rings. The second-order valence-electron chi connectivity index (χ2n) is 3.17. The topological polar surface area (TPSA) is 55.1 Å². The molecule has 3 nitrogen and oxygen atoms in total. The Bertz CT molecular complexity index is 124. The quantitative estimate of drug-likeness (QED) is 0.454. The van der Waals surface area contributed by atoms with E-state index in [4.69, 9.17) is 5.73 Å². The van der Waals surface area contributed by atoms with Gasteiger partial charge in [0.2, 0.25) is 0 Å². The fraction of sp³-hybridized carbons (Fsp3) is 0.857.